The largest absolute Gasteiger partial charge is 0.439 e. The number of hydrogen-bond donors (Lipinski definition) is 1. The molecule has 2 atom stereocenters. The van der Waals surface area contributed by atoms with Crippen LogP contribution in [-0.4, -0.2) is 21.3 Å². The van der Waals surface area contributed by atoms with Gasteiger partial charge in [0.25, 0.3) is 0 Å². The van der Waals surface area contributed by atoms with Crippen LogP contribution in [0.25, 0.3) is 0 Å². The van der Waals surface area contributed by atoms with Gasteiger partial charge in [-0.1, -0.05) is 30.0 Å². The third-order valence-corrected chi connectivity index (χ3v) is 3.99. The van der Waals surface area contributed by atoms with E-state index in [4.69, 9.17) is 4.74 Å². The van der Waals surface area contributed by atoms with Crippen molar-refractivity contribution in [2.75, 3.05) is 0 Å². The molecular weight excluding hydrogens is 328 g/mol. The smallest absolute Gasteiger partial charge is 0.408 e. The highest BCUT2D eigenvalue weighted by molar-refractivity contribution is 5.71. The number of alkyl carbamates (subject to hydrolysis) is 1. The van der Waals surface area contributed by atoms with Gasteiger partial charge in [0.1, 0.15) is 6.04 Å². The summed E-state index contributed by atoms with van der Waals surface area (Å²) in [7, 11) is 0. The van der Waals surface area contributed by atoms with Crippen LogP contribution in [0.3, 0.4) is 0 Å². The van der Waals surface area contributed by atoms with Crippen molar-refractivity contribution in [1.82, 2.24) is 20.5 Å². The number of aromatic nitrogens is 3. The molecule has 1 aliphatic rings. The van der Waals surface area contributed by atoms with Gasteiger partial charge in [0.15, 0.2) is 6.10 Å². The van der Waals surface area contributed by atoms with Crippen LogP contribution in [0.2, 0.25) is 0 Å². The fourth-order valence-corrected chi connectivity index (χ4v) is 2.77. The molecule has 3 aromatic rings. The number of cyclic esters (lactones) is 1. The summed E-state index contributed by atoms with van der Waals surface area (Å²) in [6.45, 7) is 0. The molecule has 1 aromatic carbocycles. The van der Waals surface area contributed by atoms with Gasteiger partial charge in [-0.15, -0.1) is 0 Å². The maximum absolute atomic E-state index is 11.8. The van der Waals surface area contributed by atoms with Crippen molar-refractivity contribution in [3.8, 4) is 11.8 Å². The Balaban J connectivity index is 1.63. The SMILES string of the molecule is O=C1NC(c2cncc(C#Cc3ccccc3)c2)C(c2ccnnc2)O1. The van der Waals surface area contributed by atoms with Gasteiger partial charge in [-0.05, 0) is 29.8 Å². The lowest BCUT2D eigenvalue weighted by molar-refractivity contribution is 0.132. The van der Waals surface area contributed by atoms with Crippen LogP contribution in [0.4, 0.5) is 4.79 Å². The lowest BCUT2D eigenvalue weighted by atomic mass is 9.98. The molecule has 1 amide bonds. The van der Waals surface area contributed by atoms with Crippen molar-refractivity contribution in [3.63, 3.8) is 0 Å². The molecule has 0 saturated carbocycles. The van der Waals surface area contributed by atoms with Crippen LogP contribution in [0.15, 0.2) is 67.3 Å². The number of rotatable bonds is 2. The van der Waals surface area contributed by atoms with Crippen molar-refractivity contribution in [3.05, 3.63) is 89.5 Å². The molecule has 3 heterocycles. The van der Waals surface area contributed by atoms with Crippen molar-refractivity contribution in [2.24, 2.45) is 0 Å². The molecule has 0 spiro atoms. The summed E-state index contributed by atoms with van der Waals surface area (Å²) in [4.78, 5) is 16.0. The second-order valence-electron chi connectivity index (χ2n) is 5.75. The highest BCUT2D eigenvalue weighted by Gasteiger charge is 2.36. The second-order valence-corrected chi connectivity index (χ2v) is 5.75. The fraction of sp³-hybridized carbons (Fsp3) is 0.100. The van der Waals surface area contributed by atoms with E-state index in [1.54, 1.807) is 30.9 Å². The molecule has 26 heavy (non-hydrogen) atoms. The molecule has 1 fully saturated rings. The first-order valence-electron chi connectivity index (χ1n) is 8.05. The van der Waals surface area contributed by atoms with Crippen LogP contribution in [0.1, 0.15) is 34.4 Å². The number of carbonyl (C=O) groups excluding carboxylic acids is 1. The minimum atomic E-state index is -0.489. The summed E-state index contributed by atoms with van der Waals surface area (Å²) in [5.74, 6) is 6.21. The lowest BCUT2D eigenvalue weighted by Gasteiger charge is -2.16. The Morgan fingerprint density at radius 1 is 0.923 bits per heavy atom. The van der Waals surface area contributed by atoms with Gasteiger partial charge >= 0.3 is 6.09 Å². The summed E-state index contributed by atoms with van der Waals surface area (Å²) < 4.78 is 5.40. The summed E-state index contributed by atoms with van der Waals surface area (Å²) in [6.07, 6.45) is 5.59. The predicted octanol–water partition coefficient (Wildman–Crippen LogP) is 2.79. The Kier molecular flexibility index (Phi) is 4.27. The standard InChI is InChI=1S/C20H14N4O2/c25-20-24-18(19(26-20)16-8-9-22-23-13-16)17-10-15(11-21-12-17)7-6-14-4-2-1-3-5-14/h1-5,8-13,18-19H,(H,24,25). The molecule has 0 aliphatic carbocycles. The van der Waals surface area contributed by atoms with Crippen LogP contribution in [0.5, 0.6) is 0 Å². The van der Waals surface area contributed by atoms with Crippen molar-refractivity contribution in [2.45, 2.75) is 12.1 Å². The molecule has 2 unspecified atom stereocenters. The van der Waals surface area contributed by atoms with E-state index in [2.05, 4.69) is 32.3 Å². The van der Waals surface area contributed by atoms with Crippen LogP contribution < -0.4 is 5.32 Å². The van der Waals surface area contributed by atoms with E-state index in [1.807, 2.05) is 36.4 Å². The first-order chi connectivity index (χ1) is 12.8. The second kappa shape index (κ2) is 7.03. The normalized spacial score (nSPS) is 18.4. The van der Waals surface area contributed by atoms with E-state index in [0.717, 1.165) is 22.3 Å². The molecule has 4 rings (SSSR count). The average molecular weight is 342 g/mol. The summed E-state index contributed by atoms with van der Waals surface area (Å²) >= 11 is 0. The van der Waals surface area contributed by atoms with Gasteiger partial charge < -0.3 is 10.1 Å². The van der Waals surface area contributed by atoms with Gasteiger partial charge in [-0.2, -0.15) is 10.2 Å². The molecule has 1 saturated heterocycles. The Labute approximate surface area is 150 Å². The zero-order valence-electron chi connectivity index (χ0n) is 13.7. The maximum Gasteiger partial charge on any atom is 0.408 e. The molecular formula is C20H14N4O2. The maximum atomic E-state index is 11.8. The number of nitrogens with zero attached hydrogens (tertiary/aromatic N) is 3. The highest BCUT2D eigenvalue weighted by Crippen LogP contribution is 2.35. The van der Waals surface area contributed by atoms with Crippen LogP contribution in [0, 0.1) is 11.8 Å². The van der Waals surface area contributed by atoms with E-state index >= 15 is 0 Å². The Morgan fingerprint density at radius 2 is 1.77 bits per heavy atom. The van der Waals surface area contributed by atoms with Crippen molar-refractivity contribution >= 4 is 6.09 Å². The monoisotopic (exact) mass is 342 g/mol. The topological polar surface area (TPSA) is 77.0 Å². The molecule has 1 N–H and O–H groups in total. The summed E-state index contributed by atoms with van der Waals surface area (Å²) in [6, 6.07) is 13.0. The van der Waals surface area contributed by atoms with Gasteiger partial charge in [-0.3, -0.25) is 4.98 Å². The highest BCUT2D eigenvalue weighted by atomic mass is 16.6. The third kappa shape index (κ3) is 3.37. The van der Waals surface area contributed by atoms with Gasteiger partial charge in [0.05, 0.1) is 6.20 Å². The molecule has 6 nitrogen and oxygen atoms in total. The molecule has 6 heteroatoms. The average Bonchev–Trinajstić information content (AvgIpc) is 3.10. The number of benzene rings is 1. The van der Waals surface area contributed by atoms with E-state index in [-0.39, 0.29) is 6.04 Å². The minimum absolute atomic E-state index is 0.363. The first kappa shape index (κ1) is 15.8. The number of pyridine rings is 1. The zero-order valence-corrected chi connectivity index (χ0v) is 13.7. The van der Waals surface area contributed by atoms with Crippen molar-refractivity contribution < 1.29 is 9.53 Å². The summed E-state index contributed by atoms with van der Waals surface area (Å²) in [5.41, 5.74) is 3.27. The number of hydrogen-bond acceptors (Lipinski definition) is 5. The molecule has 126 valence electrons. The number of ether oxygens (including phenoxy) is 1. The Bertz CT molecular complexity index is 981. The number of nitrogens with one attached hydrogen (secondary N) is 1. The Morgan fingerprint density at radius 3 is 2.58 bits per heavy atom. The zero-order chi connectivity index (χ0) is 17.8. The lowest BCUT2D eigenvalue weighted by Crippen LogP contribution is -2.20. The first-order valence-corrected chi connectivity index (χ1v) is 8.05. The Hall–Kier alpha value is -3.72. The number of carbonyl (C=O) groups is 1. The van der Waals surface area contributed by atoms with Gasteiger partial charge in [0, 0.05) is 35.3 Å². The van der Waals surface area contributed by atoms with Crippen LogP contribution >= 0.6 is 0 Å². The van der Waals surface area contributed by atoms with Gasteiger partial charge in [0.2, 0.25) is 0 Å². The molecule has 2 aromatic heterocycles. The summed E-state index contributed by atoms with van der Waals surface area (Å²) in [5, 5.41) is 10.4. The van der Waals surface area contributed by atoms with Gasteiger partial charge in [-0.25, -0.2) is 4.79 Å². The van der Waals surface area contributed by atoms with E-state index in [9.17, 15) is 4.79 Å². The molecule has 0 radical (unpaired) electrons. The van der Waals surface area contributed by atoms with Crippen molar-refractivity contribution in [1.29, 1.82) is 0 Å². The predicted molar refractivity (Wildman–Crippen MR) is 93.8 cm³/mol. The van der Waals surface area contributed by atoms with E-state index in [1.165, 1.54) is 0 Å². The third-order valence-electron chi connectivity index (χ3n) is 3.99. The molecule has 1 aliphatic heterocycles. The quantitative estimate of drug-likeness (QED) is 0.725. The van der Waals surface area contributed by atoms with E-state index < -0.39 is 12.2 Å². The molecule has 0 bridgehead atoms. The van der Waals surface area contributed by atoms with E-state index in [0.29, 0.717) is 0 Å². The van der Waals surface area contributed by atoms with Crippen LogP contribution in [-0.2, 0) is 4.74 Å². The minimum Gasteiger partial charge on any atom is -0.439 e. The number of amides is 1. The fourth-order valence-electron chi connectivity index (χ4n) is 2.77.